The molecule has 0 spiro atoms. The van der Waals surface area contributed by atoms with Crippen LogP contribution >= 0.6 is 11.3 Å². The van der Waals surface area contributed by atoms with Gasteiger partial charge in [0.15, 0.2) is 0 Å². The van der Waals surface area contributed by atoms with Crippen LogP contribution in [0.15, 0.2) is 41.7 Å². The van der Waals surface area contributed by atoms with Gasteiger partial charge in [-0.1, -0.05) is 39.8 Å². The van der Waals surface area contributed by atoms with E-state index in [1.54, 1.807) is 0 Å². The molecule has 4 aliphatic rings. The second-order valence-electron chi connectivity index (χ2n) is 15.9. The van der Waals surface area contributed by atoms with E-state index in [-0.39, 0.29) is 35.7 Å². The molecule has 14 heteroatoms. The molecular weight excluding hydrogens is 731 g/mol. The quantitative estimate of drug-likeness (QED) is 0.202. The summed E-state index contributed by atoms with van der Waals surface area (Å²) in [5.41, 5.74) is 8.05. The minimum atomic E-state index is -0.682. The Morgan fingerprint density at radius 1 is 0.839 bits per heavy atom. The number of aromatic amines is 1. The van der Waals surface area contributed by atoms with Gasteiger partial charge in [0.1, 0.15) is 17.9 Å². The molecule has 0 saturated carbocycles. The number of likely N-dealkylation sites (tertiary alicyclic amines) is 2. The molecule has 3 N–H and O–H groups in total. The van der Waals surface area contributed by atoms with Crippen LogP contribution in [0, 0.1) is 11.8 Å². The molecule has 3 aromatic rings. The van der Waals surface area contributed by atoms with Crippen LogP contribution < -0.4 is 10.6 Å². The second kappa shape index (κ2) is 16.6. The number of allylic oxidation sites excluding steroid dienone is 1. The van der Waals surface area contributed by atoms with E-state index in [0.717, 1.165) is 67.7 Å². The average Bonchev–Trinajstić information content (AvgIpc) is 4.04. The Morgan fingerprint density at radius 3 is 2.11 bits per heavy atom. The molecule has 4 amide bonds. The number of thiophene rings is 1. The standard InChI is InChI=1S/C42H53N7O6S/c1-23(2)35(46-41(52)54-5)39(50)48-16-8-12-32(48)30-19-28(21-43-30)34-20-27-11-7-10-25-18-26(14-15-29(25)37(27)56-34)31-22-44-38(45-31)33-13-9-17-49(33)40(51)36(24(3)4)47-42(53)55-6/h14-15,18,20-24,32-33,35-36H,7-13,16-17,19H2,1-6H3,(H,44,45)(H,46,52)(H,47,53)/t32-,33-,35-,36-/m0/s1. The van der Waals surface area contributed by atoms with E-state index >= 15 is 0 Å². The lowest BCUT2D eigenvalue weighted by Gasteiger charge is -2.31. The van der Waals surface area contributed by atoms with Gasteiger partial charge in [-0.2, -0.15) is 0 Å². The number of fused-ring (bicyclic) bond motifs is 3. The Labute approximate surface area is 332 Å². The van der Waals surface area contributed by atoms with Crippen LogP contribution in [0.25, 0.3) is 27.3 Å². The SMILES string of the molecule is COC(=O)N[C@H](C(=O)N1CCC[C@H]1C1=NC=C(c2cc3c(s2)-c2ccc(-c4cnc([C@@H]5CCCN5C(=O)[C@@H](NC(=O)OC)C(C)C)[nH]4)cc2CCC3)C1)C(C)C. The van der Waals surface area contributed by atoms with E-state index in [0.29, 0.717) is 19.5 Å². The number of H-pyrrole nitrogens is 1. The van der Waals surface area contributed by atoms with Crippen LogP contribution in [0.4, 0.5) is 9.59 Å². The number of nitrogens with one attached hydrogen (secondary N) is 3. The van der Waals surface area contributed by atoms with Crippen molar-refractivity contribution in [2.24, 2.45) is 16.8 Å². The molecule has 0 unspecified atom stereocenters. The molecule has 7 rings (SSSR count). The fraction of sp³-hybridized carbons (Fsp3) is 0.524. The lowest BCUT2D eigenvalue weighted by Crippen LogP contribution is -2.53. The topological polar surface area (TPSA) is 158 Å². The van der Waals surface area contributed by atoms with Gasteiger partial charge in [-0.15, -0.1) is 11.3 Å². The van der Waals surface area contributed by atoms with Gasteiger partial charge < -0.3 is 34.9 Å². The second-order valence-corrected chi connectivity index (χ2v) is 17.0. The fourth-order valence-electron chi connectivity index (χ4n) is 8.56. The minimum Gasteiger partial charge on any atom is -0.453 e. The van der Waals surface area contributed by atoms with Crippen molar-refractivity contribution in [2.75, 3.05) is 27.3 Å². The Hall–Kier alpha value is -4.98. The molecule has 0 bridgehead atoms. The highest BCUT2D eigenvalue weighted by molar-refractivity contribution is 7.16. The van der Waals surface area contributed by atoms with E-state index in [1.807, 2.05) is 61.2 Å². The summed E-state index contributed by atoms with van der Waals surface area (Å²) in [5, 5.41) is 5.46. The molecule has 1 aromatic carbocycles. The summed E-state index contributed by atoms with van der Waals surface area (Å²) in [4.78, 5) is 70.8. The third kappa shape index (κ3) is 7.85. The number of hydrogen-bond acceptors (Lipinski definition) is 9. The van der Waals surface area contributed by atoms with E-state index in [4.69, 9.17) is 19.5 Å². The highest BCUT2D eigenvalue weighted by Gasteiger charge is 2.40. The van der Waals surface area contributed by atoms with Crippen molar-refractivity contribution in [2.45, 2.75) is 103 Å². The molecule has 56 heavy (non-hydrogen) atoms. The summed E-state index contributed by atoms with van der Waals surface area (Å²) in [6.45, 7) is 8.93. The Bertz CT molecular complexity index is 2050. The normalized spacial score (nSPS) is 20.2. The molecule has 2 aromatic heterocycles. The zero-order chi connectivity index (χ0) is 39.7. The number of aromatic nitrogens is 2. The molecule has 5 heterocycles. The summed E-state index contributed by atoms with van der Waals surface area (Å²) in [6, 6.07) is 7.36. The van der Waals surface area contributed by atoms with Gasteiger partial charge in [-0.3, -0.25) is 14.6 Å². The van der Waals surface area contributed by atoms with Gasteiger partial charge in [-0.25, -0.2) is 14.6 Å². The van der Waals surface area contributed by atoms with Crippen molar-refractivity contribution < 1.29 is 28.7 Å². The first-order valence-electron chi connectivity index (χ1n) is 19.8. The molecule has 2 saturated heterocycles. The van der Waals surface area contributed by atoms with Crippen LogP contribution in [0.2, 0.25) is 0 Å². The van der Waals surface area contributed by atoms with Crippen LogP contribution in [0.3, 0.4) is 0 Å². The van der Waals surface area contributed by atoms with Crippen molar-refractivity contribution in [3.05, 3.63) is 58.5 Å². The van der Waals surface area contributed by atoms with Crippen molar-refractivity contribution in [1.82, 2.24) is 30.4 Å². The number of alkyl carbamates (subject to hydrolysis) is 2. The summed E-state index contributed by atoms with van der Waals surface area (Å²) in [6.07, 6.45) is 9.73. The van der Waals surface area contributed by atoms with Crippen molar-refractivity contribution in [3.8, 4) is 21.7 Å². The monoisotopic (exact) mass is 783 g/mol. The number of benzene rings is 1. The van der Waals surface area contributed by atoms with Gasteiger partial charge in [0.25, 0.3) is 0 Å². The Kier molecular flexibility index (Phi) is 11.7. The largest absolute Gasteiger partial charge is 0.453 e. The number of methoxy groups -OCH3 is 2. The maximum Gasteiger partial charge on any atom is 0.407 e. The first kappa shape index (κ1) is 39.3. The first-order valence-corrected chi connectivity index (χ1v) is 20.7. The van der Waals surface area contributed by atoms with Crippen LogP contribution in [0.5, 0.6) is 0 Å². The van der Waals surface area contributed by atoms with Crippen LogP contribution in [0.1, 0.15) is 94.1 Å². The van der Waals surface area contributed by atoms with Crippen molar-refractivity contribution in [3.63, 3.8) is 0 Å². The number of carbonyl (C=O) groups is 4. The molecule has 13 nitrogen and oxygen atoms in total. The lowest BCUT2D eigenvalue weighted by atomic mass is 9.99. The van der Waals surface area contributed by atoms with Gasteiger partial charge in [-0.05, 0) is 96.7 Å². The number of carbonyl (C=O) groups excluding carboxylic acids is 4. The third-order valence-corrected chi connectivity index (χ3v) is 12.9. The number of aryl methyl sites for hydroxylation is 2. The summed E-state index contributed by atoms with van der Waals surface area (Å²) in [5.74, 6) is 0.354. The van der Waals surface area contributed by atoms with E-state index in [9.17, 15) is 19.2 Å². The first-order chi connectivity index (χ1) is 27.0. The molecule has 2 fully saturated rings. The van der Waals surface area contributed by atoms with Crippen molar-refractivity contribution >= 4 is 46.6 Å². The zero-order valence-corrected chi connectivity index (χ0v) is 34.0. The average molecular weight is 784 g/mol. The van der Waals surface area contributed by atoms with Crippen molar-refractivity contribution in [1.29, 1.82) is 0 Å². The van der Waals surface area contributed by atoms with E-state index in [2.05, 4.69) is 39.9 Å². The number of aliphatic imine (C=N–C) groups is 1. The predicted molar refractivity (Wildman–Crippen MR) is 216 cm³/mol. The smallest absolute Gasteiger partial charge is 0.407 e. The zero-order valence-electron chi connectivity index (χ0n) is 33.1. The Morgan fingerprint density at radius 2 is 1.46 bits per heavy atom. The number of ether oxygens (including phenoxy) is 2. The van der Waals surface area contributed by atoms with E-state index in [1.165, 1.54) is 46.2 Å². The molecule has 4 atom stereocenters. The molecule has 298 valence electrons. The molecule has 3 aliphatic heterocycles. The number of rotatable bonds is 10. The number of amides is 4. The Balaban J connectivity index is 1.05. The number of imidazole rings is 1. The number of nitrogens with zero attached hydrogens (tertiary/aromatic N) is 4. The minimum absolute atomic E-state index is 0.0820. The molecule has 0 radical (unpaired) electrons. The third-order valence-electron chi connectivity index (χ3n) is 11.6. The molecule has 1 aliphatic carbocycles. The van der Waals surface area contributed by atoms with Gasteiger partial charge in [0.05, 0.1) is 38.2 Å². The summed E-state index contributed by atoms with van der Waals surface area (Å²) in [7, 11) is 2.61. The maximum atomic E-state index is 13.7. The summed E-state index contributed by atoms with van der Waals surface area (Å²) >= 11 is 1.82. The van der Waals surface area contributed by atoms with E-state index < -0.39 is 24.3 Å². The van der Waals surface area contributed by atoms with Crippen LogP contribution in [-0.2, 0) is 31.9 Å². The molecular formula is C42H53N7O6S. The maximum absolute atomic E-state index is 13.7. The highest BCUT2D eigenvalue weighted by Crippen LogP contribution is 2.44. The van der Waals surface area contributed by atoms with Gasteiger partial charge >= 0.3 is 12.2 Å². The fourth-order valence-corrected chi connectivity index (χ4v) is 9.84. The van der Waals surface area contributed by atoms with Gasteiger partial charge in [0, 0.05) is 41.2 Å². The predicted octanol–water partition coefficient (Wildman–Crippen LogP) is 6.90. The van der Waals surface area contributed by atoms with Gasteiger partial charge in [0.2, 0.25) is 11.8 Å². The highest BCUT2D eigenvalue weighted by atomic mass is 32.1. The van der Waals surface area contributed by atoms with Crippen LogP contribution in [-0.4, -0.2) is 94.9 Å². The summed E-state index contributed by atoms with van der Waals surface area (Å²) < 4.78 is 9.58. The lowest BCUT2D eigenvalue weighted by molar-refractivity contribution is -0.135. The number of hydrogen-bond donors (Lipinski definition) is 3.